The maximum atomic E-state index is 2.48. The maximum absolute atomic E-state index is 2.48. The van der Waals surface area contributed by atoms with Crippen LogP contribution in [0.2, 0.25) is 0 Å². The molecule has 0 spiro atoms. The van der Waals surface area contributed by atoms with Crippen molar-refractivity contribution in [3.8, 4) is 16.8 Å². The van der Waals surface area contributed by atoms with Crippen molar-refractivity contribution in [2.24, 2.45) is 0 Å². The van der Waals surface area contributed by atoms with E-state index in [-0.39, 0.29) is 0 Å². The molecule has 2 nitrogen and oxygen atoms in total. The van der Waals surface area contributed by atoms with E-state index in [1.54, 1.807) is 0 Å². The fraction of sp³-hybridized carbons (Fsp3) is 0. The van der Waals surface area contributed by atoms with Gasteiger partial charge >= 0.3 is 0 Å². The van der Waals surface area contributed by atoms with Crippen LogP contribution in [0.1, 0.15) is 0 Å². The monoisotopic (exact) mass is 642 g/mol. The van der Waals surface area contributed by atoms with E-state index in [0.717, 1.165) is 17.1 Å². The van der Waals surface area contributed by atoms with Crippen LogP contribution in [0, 0.1) is 0 Å². The lowest BCUT2D eigenvalue weighted by Crippen LogP contribution is -2.11. The minimum Gasteiger partial charge on any atom is -0.309 e. The van der Waals surface area contributed by atoms with E-state index in [4.69, 9.17) is 0 Å². The van der Waals surface area contributed by atoms with Crippen molar-refractivity contribution < 1.29 is 0 Å². The van der Waals surface area contributed by atoms with Gasteiger partial charge in [0.25, 0.3) is 0 Å². The molecule has 0 bridgehead atoms. The van der Waals surface area contributed by atoms with E-state index in [1.165, 1.54) is 69.6 Å². The van der Waals surface area contributed by atoms with Gasteiger partial charge in [-0.15, -0.1) is 11.3 Å². The van der Waals surface area contributed by atoms with Gasteiger partial charge in [0, 0.05) is 47.9 Å². The first-order valence-electron chi connectivity index (χ1n) is 16.7. The summed E-state index contributed by atoms with van der Waals surface area (Å²) in [6, 6.07) is 66.2. The van der Waals surface area contributed by atoms with Crippen LogP contribution < -0.4 is 4.90 Å². The maximum Gasteiger partial charge on any atom is 0.0561 e. The van der Waals surface area contributed by atoms with E-state index < -0.39 is 0 Å². The minimum atomic E-state index is 1.11. The van der Waals surface area contributed by atoms with Gasteiger partial charge in [-0.25, -0.2) is 0 Å². The molecule has 2 heterocycles. The largest absolute Gasteiger partial charge is 0.309 e. The van der Waals surface area contributed by atoms with E-state index in [9.17, 15) is 0 Å². The van der Waals surface area contributed by atoms with Gasteiger partial charge in [-0.3, -0.25) is 0 Å². The van der Waals surface area contributed by atoms with Gasteiger partial charge in [-0.1, -0.05) is 121 Å². The van der Waals surface area contributed by atoms with Gasteiger partial charge in [0.1, 0.15) is 0 Å². The lowest BCUT2D eigenvalue weighted by Gasteiger charge is -2.29. The number of benzene rings is 8. The predicted octanol–water partition coefficient (Wildman–Crippen LogP) is 13.4. The summed E-state index contributed by atoms with van der Waals surface area (Å²) in [6.45, 7) is 0. The standard InChI is InChI=1S/C46H30N2S/c1-3-14-31(15-4-1)36-20-9-11-22-40(36)48(42-24-13-25-44-46(42)39-28-32-16-7-8-17-33(32)29-45(39)49-44)35-26-27-38-37-21-10-12-23-41(37)47(43(38)30-35)34-18-5-2-6-19-34/h1-30H. The summed E-state index contributed by atoms with van der Waals surface area (Å²) in [6.07, 6.45) is 0. The second-order valence-electron chi connectivity index (χ2n) is 12.6. The molecule has 10 aromatic rings. The van der Waals surface area contributed by atoms with Crippen molar-refractivity contribution >= 4 is 81.1 Å². The average molecular weight is 643 g/mol. The van der Waals surface area contributed by atoms with Crippen LogP contribution in [0.3, 0.4) is 0 Å². The molecule has 2 aromatic heterocycles. The van der Waals surface area contributed by atoms with Crippen LogP contribution in [-0.2, 0) is 0 Å². The number of para-hydroxylation sites is 3. The summed E-state index contributed by atoms with van der Waals surface area (Å²) in [5.74, 6) is 0. The van der Waals surface area contributed by atoms with Gasteiger partial charge in [-0.05, 0) is 77.0 Å². The zero-order chi connectivity index (χ0) is 32.3. The Bertz CT molecular complexity index is 2830. The van der Waals surface area contributed by atoms with Gasteiger partial charge in [-0.2, -0.15) is 0 Å². The molecule has 0 amide bonds. The minimum absolute atomic E-state index is 1.11. The predicted molar refractivity (Wildman–Crippen MR) is 211 cm³/mol. The number of aromatic nitrogens is 1. The molecule has 0 aliphatic carbocycles. The molecule has 0 saturated carbocycles. The van der Waals surface area contributed by atoms with E-state index in [0.29, 0.717) is 0 Å². The fourth-order valence-electron chi connectivity index (χ4n) is 7.57. The van der Waals surface area contributed by atoms with E-state index in [2.05, 4.69) is 191 Å². The van der Waals surface area contributed by atoms with Crippen molar-refractivity contribution in [1.29, 1.82) is 0 Å². The molecule has 0 atom stereocenters. The molecule has 0 saturated heterocycles. The van der Waals surface area contributed by atoms with Crippen LogP contribution in [0.25, 0.3) is 69.6 Å². The van der Waals surface area contributed by atoms with Crippen molar-refractivity contribution in [3.63, 3.8) is 0 Å². The summed E-state index contributed by atoms with van der Waals surface area (Å²) in [5, 5.41) is 7.59. The highest BCUT2D eigenvalue weighted by Gasteiger charge is 2.23. The summed E-state index contributed by atoms with van der Waals surface area (Å²) < 4.78 is 4.99. The summed E-state index contributed by atoms with van der Waals surface area (Å²) in [4.78, 5) is 2.48. The normalized spacial score (nSPS) is 11.7. The second kappa shape index (κ2) is 11.2. The highest BCUT2D eigenvalue weighted by Crippen LogP contribution is 2.48. The molecule has 49 heavy (non-hydrogen) atoms. The first kappa shape index (κ1) is 27.9. The smallest absolute Gasteiger partial charge is 0.0561 e. The Labute approximate surface area is 288 Å². The lowest BCUT2D eigenvalue weighted by atomic mass is 10.00. The first-order valence-corrected chi connectivity index (χ1v) is 17.5. The Kier molecular flexibility index (Phi) is 6.39. The van der Waals surface area contributed by atoms with Gasteiger partial charge in [0.15, 0.2) is 0 Å². The molecule has 0 unspecified atom stereocenters. The number of nitrogens with zero attached hydrogens (tertiary/aromatic N) is 2. The Balaban J connectivity index is 1.31. The molecule has 0 aliphatic heterocycles. The highest BCUT2D eigenvalue weighted by molar-refractivity contribution is 7.26. The molecular weight excluding hydrogens is 613 g/mol. The first-order chi connectivity index (χ1) is 24.3. The van der Waals surface area contributed by atoms with Crippen LogP contribution in [-0.4, -0.2) is 4.57 Å². The molecule has 3 heteroatoms. The molecule has 0 radical (unpaired) electrons. The highest BCUT2D eigenvalue weighted by atomic mass is 32.1. The number of hydrogen-bond donors (Lipinski definition) is 0. The Morgan fingerprint density at radius 3 is 1.96 bits per heavy atom. The zero-order valence-corrected chi connectivity index (χ0v) is 27.4. The summed E-state index contributed by atoms with van der Waals surface area (Å²) in [7, 11) is 0. The molecule has 0 fully saturated rings. The van der Waals surface area contributed by atoms with E-state index >= 15 is 0 Å². The third kappa shape index (κ3) is 4.47. The van der Waals surface area contributed by atoms with Crippen molar-refractivity contribution in [2.45, 2.75) is 0 Å². The zero-order valence-electron chi connectivity index (χ0n) is 26.6. The van der Waals surface area contributed by atoms with Gasteiger partial charge in [0.05, 0.1) is 22.4 Å². The number of hydrogen-bond acceptors (Lipinski definition) is 2. The molecule has 230 valence electrons. The molecule has 0 aliphatic rings. The summed E-state index contributed by atoms with van der Waals surface area (Å²) >= 11 is 1.87. The van der Waals surface area contributed by atoms with Crippen molar-refractivity contribution in [1.82, 2.24) is 4.57 Å². The van der Waals surface area contributed by atoms with Crippen molar-refractivity contribution in [2.75, 3.05) is 4.90 Å². The van der Waals surface area contributed by atoms with Crippen LogP contribution >= 0.6 is 11.3 Å². The number of fused-ring (bicyclic) bond motifs is 7. The number of rotatable bonds is 5. The second-order valence-corrected chi connectivity index (χ2v) is 13.6. The molecular formula is C46H30N2S. The van der Waals surface area contributed by atoms with Crippen LogP contribution in [0.15, 0.2) is 182 Å². The molecule has 8 aromatic carbocycles. The quantitative estimate of drug-likeness (QED) is 0.181. The molecule has 10 rings (SSSR count). The number of anilines is 3. The SMILES string of the molecule is c1ccc(-c2ccccc2N(c2ccc3c4ccccc4n(-c4ccccc4)c3c2)c2cccc3sc4cc5ccccc5cc4c23)cc1. The van der Waals surface area contributed by atoms with E-state index in [1.807, 2.05) is 11.3 Å². The Hall–Kier alpha value is -6.16. The van der Waals surface area contributed by atoms with Gasteiger partial charge in [0.2, 0.25) is 0 Å². The third-order valence-electron chi connectivity index (χ3n) is 9.74. The fourth-order valence-corrected chi connectivity index (χ4v) is 8.73. The topological polar surface area (TPSA) is 8.17 Å². The van der Waals surface area contributed by atoms with Gasteiger partial charge < -0.3 is 9.47 Å². The van der Waals surface area contributed by atoms with Crippen molar-refractivity contribution in [3.05, 3.63) is 182 Å². The molecule has 0 N–H and O–H groups in total. The Morgan fingerprint density at radius 1 is 0.429 bits per heavy atom. The lowest BCUT2D eigenvalue weighted by molar-refractivity contribution is 1.18. The number of thiophene rings is 1. The Morgan fingerprint density at radius 2 is 1.10 bits per heavy atom. The van der Waals surface area contributed by atoms with Crippen LogP contribution in [0.5, 0.6) is 0 Å². The van der Waals surface area contributed by atoms with Crippen LogP contribution in [0.4, 0.5) is 17.1 Å². The average Bonchev–Trinajstić information content (AvgIpc) is 3.70. The summed E-state index contributed by atoms with van der Waals surface area (Å²) in [5.41, 5.74) is 9.34. The third-order valence-corrected chi connectivity index (χ3v) is 10.9.